The van der Waals surface area contributed by atoms with Crippen LogP contribution in [0.25, 0.3) is 0 Å². The predicted molar refractivity (Wildman–Crippen MR) is 151 cm³/mol. The summed E-state index contributed by atoms with van der Waals surface area (Å²) in [6, 6.07) is 23.7. The van der Waals surface area contributed by atoms with E-state index in [9.17, 15) is 18.0 Å². The van der Waals surface area contributed by atoms with Gasteiger partial charge in [-0.05, 0) is 49.6 Å². The molecule has 0 aliphatic heterocycles. The third kappa shape index (κ3) is 7.44. The molecular formula is C30H37N3O4S. The van der Waals surface area contributed by atoms with Gasteiger partial charge in [-0.3, -0.25) is 13.9 Å². The van der Waals surface area contributed by atoms with Crippen LogP contribution in [-0.2, 0) is 26.2 Å². The molecule has 0 heterocycles. The number of benzene rings is 3. The summed E-state index contributed by atoms with van der Waals surface area (Å²) in [5.74, 6) is -0.690. The molecule has 0 bridgehead atoms. The third-order valence-corrected chi connectivity index (χ3v) is 8.13. The molecule has 0 aromatic heterocycles. The monoisotopic (exact) mass is 535 g/mol. The Labute approximate surface area is 226 Å². The molecule has 1 atom stereocenters. The fourth-order valence-electron chi connectivity index (χ4n) is 4.17. The molecule has 0 saturated carbocycles. The number of hydrogen-bond acceptors (Lipinski definition) is 4. The number of amides is 2. The molecule has 0 fully saturated rings. The van der Waals surface area contributed by atoms with Crippen LogP contribution < -0.4 is 9.62 Å². The van der Waals surface area contributed by atoms with Crippen LogP contribution in [0.5, 0.6) is 0 Å². The average Bonchev–Trinajstić information content (AvgIpc) is 2.93. The summed E-state index contributed by atoms with van der Waals surface area (Å²) in [5, 5.41) is 2.94. The lowest BCUT2D eigenvalue weighted by Crippen LogP contribution is -2.52. The number of nitrogens with one attached hydrogen (secondary N) is 1. The number of carbonyl (C=O) groups excluding carboxylic acids is 2. The van der Waals surface area contributed by atoms with Gasteiger partial charge in [0.1, 0.15) is 12.6 Å². The first-order chi connectivity index (χ1) is 18.3. The van der Waals surface area contributed by atoms with Crippen LogP contribution >= 0.6 is 0 Å². The second kappa shape index (κ2) is 13.8. The first kappa shape index (κ1) is 28.9. The topological polar surface area (TPSA) is 86.8 Å². The van der Waals surface area contributed by atoms with Gasteiger partial charge in [-0.25, -0.2) is 8.42 Å². The highest BCUT2D eigenvalue weighted by molar-refractivity contribution is 7.92. The second-order valence-corrected chi connectivity index (χ2v) is 11.1. The summed E-state index contributed by atoms with van der Waals surface area (Å²) in [7, 11) is -4.05. The van der Waals surface area contributed by atoms with Crippen LogP contribution in [0.4, 0.5) is 5.69 Å². The largest absolute Gasteiger partial charge is 0.354 e. The van der Waals surface area contributed by atoms with E-state index in [2.05, 4.69) is 5.32 Å². The van der Waals surface area contributed by atoms with Crippen LogP contribution in [0.2, 0.25) is 0 Å². The van der Waals surface area contributed by atoms with Crippen molar-refractivity contribution in [3.05, 3.63) is 96.1 Å². The lowest BCUT2D eigenvalue weighted by atomic mass is 10.1. The molecule has 3 aromatic rings. The maximum absolute atomic E-state index is 14.0. The maximum Gasteiger partial charge on any atom is 0.264 e. The van der Waals surface area contributed by atoms with E-state index in [1.807, 2.05) is 63.2 Å². The molecule has 0 aliphatic carbocycles. The van der Waals surface area contributed by atoms with Crippen molar-refractivity contribution < 1.29 is 18.0 Å². The zero-order valence-electron chi connectivity index (χ0n) is 22.3. The highest BCUT2D eigenvalue weighted by atomic mass is 32.2. The quantitative estimate of drug-likeness (QED) is 0.315. The summed E-state index contributed by atoms with van der Waals surface area (Å²) < 4.78 is 28.6. The van der Waals surface area contributed by atoms with Crippen molar-refractivity contribution in [2.24, 2.45) is 0 Å². The van der Waals surface area contributed by atoms with Crippen molar-refractivity contribution in [2.45, 2.75) is 57.5 Å². The van der Waals surface area contributed by atoms with E-state index in [4.69, 9.17) is 0 Å². The van der Waals surface area contributed by atoms with Crippen LogP contribution in [0.1, 0.15) is 44.2 Å². The van der Waals surface area contributed by atoms with Gasteiger partial charge in [0, 0.05) is 13.1 Å². The lowest BCUT2D eigenvalue weighted by Gasteiger charge is -2.33. The average molecular weight is 536 g/mol. The molecule has 202 valence electrons. The van der Waals surface area contributed by atoms with E-state index in [0.29, 0.717) is 18.7 Å². The highest BCUT2D eigenvalue weighted by Crippen LogP contribution is 2.25. The van der Waals surface area contributed by atoms with Crippen molar-refractivity contribution in [3.8, 4) is 0 Å². The minimum Gasteiger partial charge on any atom is -0.354 e. The molecule has 3 rings (SSSR count). The van der Waals surface area contributed by atoms with Crippen molar-refractivity contribution in [3.63, 3.8) is 0 Å². The Morgan fingerprint density at radius 1 is 0.868 bits per heavy atom. The molecule has 0 unspecified atom stereocenters. The van der Waals surface area contributed by atoms with E-state index >= 15 is 0 Å². The van der Waals surface area contributed by atoms with Gasteiger partial charge >= 0.3 is 0 Å². The van der Waals surface area contributed by atoms with Crippen LogP contribution in [0, 0.1) is 6.92 Å². The Balaban J connectivity index is 2.00. The van der Waals surface area contributed by atoms with Crippen molar-refractivity contribution in [1.29, 1.82) is 0 Å². The molecule has 1 N–H and O–H groups in total. The van der Waals surface area contributed by atoms with Gasteiger partial charge in [0.05, 0.1) is 10.6 Å². The zero-order chi connectivity index (χ0) is 27.5. The summed E-state index contributed by atoms with van der Waals surface area (Å²) >= 11 is 0. The van der Waals surface area contributed by atoms with Gasteiger partial charge in [-0.15, -0.1) is 0 Å². The minimum absolute atomic E-state index is 0.0901. The fraction of sp³-hybridized carbons (Fsp3) is 0.333. The Morgan fingerprint density at radius 3 is 2.05 bits per heavy atom. The van der Waals surface area contributed by atoms with Crippen molar-refractivity contribution in [1.82, 2.24) is 10.2 Å². The summed E-state index contributed by atoms with van der Waals surface area (Å²) in [4.78, 5) is 28.7. The fourth-order valence-corrected chi connectivity index (χ4v) is 5.60. The highest BCUT2D eigenvalue weighted by Gasteiger charge is 2.33. The molecule has 8 heteroatoms. The minimum atomic E-state index is -4.05. The molecular weight excluding hydrogens is 498 g/mol. The Hall–Kier alpha value is -3.65. The second-order valence-electron chi connectivity index (χ2n) is 9.24. The molecule has 2 amide bonds. The van der Waals surface area contributed by atoms with E-state index in [1.165, 1.54) is 17.0 Å². The van der Waals surface area contributed by atoms with Crippen LogP contribution in [-0.4, -0.2) is 44.3 Å². The maximum atomic E-state index is 14.0. The molecule has 38 heavy (non-hydrogen) atoms. The number of hydrogen-bond donors (Lipinski definition) is 1. The first-order valence-electron chi connectivity index (χ1n) is 13.0. The zero-order valence-corrected chi connectivity index (χ0v) is 23.2. The molecule has 7 nitrogen and oxygen atoms in total. The first-order valence-corrected chi connectivity index (χ1v) is 14.5. The predicted octanol–water partition coefficient (Wildman–Crippen LogP) is 4.91. The molecule has 0 saturated heterocycles. The number of carbonyl (C=O) groups is 2. The lowest BCUT2D eigenvalue weighted by molar-refractivity contribution is -0.140. The van der Waals surface area contributed by atoms with E-state index in [-0.39, 0.29) is 17.3 Å². The van der Waals surface area contributed by atoms with Gasteiger partial charge in [-0.1, -0.05) is 86.5 Å². The van der Waals surface area contributed by atoms with E-state index in [0.717, 1.165) is 28.3 Å². The van der Waals surface area contributed by atoms with Gasteiger partial charge in [0.15, 0.2) is 0 Å². The van der Waals surface area contributed by atoms with Gasteiger partial charge in [-0.2, -0.15) is 0 Å². The van der Waals surface area contributed by atoms with Crippen molar-refractivity contribution in [2.75, 3.05) is 17.4 Å². The SMILES string of the molecule is CCCCNC(=O)[C@@H](CC)N(Cc1ccccc1)C(=O)CN(c1ccc(C)cc1)S(=O)(=O)c1ccccc1. The Morgan fingerprint density at radius 2 is 1.47 bits per heavy atom. The number of sulfonamides is 1. The Bertz CT molecular complexity index is 1280. The number of unbranched alkanes of at least 4 members (excludes halogenated alkanes) is 1. The standard InChI is InChI=1S/C30H37N3O4S/c1-4-6-21-31-30(35)28(5-2)32(22-25-13-9-7-10-14-25)29(34)23-33(26-19-17-24(3)18-20-26)38(36,37)27-15-11-8-12-16-27/h7-20,28H,4-6,21-23H2,1-3H3,(H,31,35)/t28-/m1/s1. The summed E-state index contributed by atoms with van der Waals surface area (Å²) in [6.07, 6.45) is 2.17. The van der Waals surface area contributed by atoms with Crippen LogP contribution in [0.15, 0.2) is 89.8 Å². The van der Waals surface area contributed by atoms with Gasteiger partial charge in [0.2, 0.25) is 11.8 Å². The van der Waals surface area contributed by atoms with E-state index in [1.54, 1.807) is 30.3 Å². The van der Waals surface area contributed by atoms with E-state index < -0.39 is 28.5 Å². The molecule has 0 aliphatic rings. The summed E-state index contributed by atoms with van der Waals surface area (Å²) in [5.41, 5.74) is 2.21. The Kier molecular flexibility index (Phi) is 10.5. The summed E-state index contributed by atoms with van der Waals surface area (Å²) in [6.45, 7) is 6.08. The van der Waals surface area contributed by atoms with Crippen LogP contribution in [0.3, 0.4) is 0 Å². The number of nitrogens with zero attached hydrogens (tertiary/aromatic N) is 2. The molecule has 3 aromatic carbocycles. The number of anilines is 1. The smallest absolute Gasteiger partial charge is 0.264 e. The third-order valence-electron chi connectivity index (χ3n) is 6.34. The molecule has 0 radical (unpaired) electrons. The normalized spacial score (nSPS) is 12.0. The number of rotatable bonds is 13. The van der Waals surface area contributed by atoms with Gasteiger partial charge < -0.3 is 10.2 Å². The van der Waals surface area contributed by atoms with Gasteiger partial charge in [0.25, 0.3) is 10.0 Å². The van der Waals surface area contributed by atoms with Crippen molar-refractivity contribution >= 4 is 27.5 Å². The number of aryl methyl sites for hydroxylation is 1. The molecule has 0 spiro atoms.